The Hall–Kier alpha value is -2.63. The van der Waals surface area contributed by atoms with Gasteiger partial charge in [0, 0.05) is 19.0 Å². The van der Waals surface area contributed by atoms with Crippen LogP contribution in [-0.2, 0) is 11.3 Å². The van der Waals surface area contributed by atoms with Gasteiger partial charge in [0.25, 0.3) is 5.91 Å². The van der Waals surface area contributed by atoms with Crippen molar-refractivity contribution in [1.29, 1.82) is 0 Å². The van der Waals surface area contributed by atoms with Gasteiger partial charge < -0.3 is 14.5 Å². The van der Waals surface area contributed by atoms with E-state index < -0.39 is 11.9 Å². The monoisotopic (exact) mass is 312 g/mol. The third-order valence-corrected chi connectivity index (χ3v) is 4.57. The summed E-state index contributed by atoms with van der Waals surface area (Å²) in [7, 11) is 0. The lowest BCUT2D eigenvalue weighted by molar-refractivity contribution is -0.139. The van der Waals surface area contributed by atoms with Gasteiger partial charge in [0.05, 0.1) is 11.6 Å². The van der Waals surface area contributed by atoms with Crippen LogP contribution in [-0.4, -0.2) is 33.6 Å². The Morgan fingerprint density at radius 1 is 1.26 bits per heavy atom. The molecule has 23 heavy (non-hydrogen) atoms. The van der Waals surface area contributed by atoms with Gasteiger partial charge in [0.1, 0.15) is 11.8 Å². The first-order valence-corrected chi connectivity index (χ1v) is 7.69. The molecule has 4 rings (SSSR count). The van der Waals surface area contributed by atoms with Crippen molar-refractivity contribution in [1.82, 2.24) is 10.1 Å². The maximum Gasteiger partial charge on any atom is 0.312 e. The van der Waals surface area contributed by atoms with Crippen molar-refractivity contribution in [2.75, 3.05) is 6.54 Å². The van der Waals surface area contributed by atoms with Crippen LogP contribution in [0.15, 0.2) is 35.1 Å². The van der Waals surface area contributed by atoms with Crippen LogP contribution >= 0.6 is 0 Å². The lowest BCUT2D eigenvalue weighted by Gasteiger charge is -2.32. The number of aromatic nitrogens is 1. The lowest BCUT2D eigenvalue weighted by Crippen LogP contribution is -2.40. The van der Waals surface area contributed by atoms with Crippen molar-refractivity contribution in [3.05, 3.63) is 52.9 Å². The zero-order valence-electron chi connectivity index (χ0n) is 12.4. The second kappa shape index (κ2) is 5.22. The maximum atomic E-state index is 12.8. The molecular formula is C17H16N2O4. The maximum absolute atomic E-state index is 12.8. The summed E-state index contributed by atoms with van der Waals surface area (Å²) in [6.45, 7) is 0.578. The number of nitrogens with zero attached hydrogens (tertiary/aromatic N) is 2. The number of carbonyl (C=O) groups is 2. The summed E-state index contributed by atoms with van der Waals surface area (Å²) < 4.78 is 4.99. The highest BCUT2D eigenvalue weighted by molar-refractivity contribution is 5.96. The smallest absolute Gasteiger partial charge is 0.312 e. The fraction of sp³-hybridized carbons (Fsp3) is 0.353. The molecule has 1 amide bonds. The summed E-state index contributed by atoms with van der Waals surface area (Å²) in [6.07, 6.45) is 3.42. The number of aliphatic carboxylic acids is 1. The molecule has 1 atom stereocenters. The first kappa shape index (κ1) is 14.0. The Balaban J connectivity index is 1.66. The lowest BCUT2D eigenvalue weighted by atomic mass is 9.89. The van der Waals surface area contributed by atoms with Gasteiger partial charge in [0.2, 0.25) is 0 Å². The van der Waals surface area contributed by atoms with Crippen LogP contribution in [0.3, 0.4) is 0 Å². The van der Waals surface area contributed by atoms with E-state index in [-0.39, 0.29) is 12.5 Å². The summed E-state index contributed by atoms with van der Waals surface area (Å²) in [5.74, 6) is -1.51. The molecule has 1 N–H and O–H groups in total. The first-order chi connectivity index (χ1) is 11.1. The zero-order chi connectivity index (χ0) is 16.0. The standard InChI is InChI=1S/C17H16N2O4/c20-16(14-9-23-18-15(14)10-5-6-10)19-7-11-3-1-2-4-12(11)13(8-19)17(21)22/h1-4,9-10,13H,5-8H2,(H,21,22). The van der Waals surface area contributed by atoms with Gasteiger partial charge in [-0.05, 0) is 24.0 Å². The molecule has 1 unspecified atom stereocenters. The molecule has 1 aliphatic heterocycles. The Morgan fingerprint density at radius 2 is 2.04 bits per heavy atom. The molecule has 0 saturated heterocycles. The topological polar surface area (TPSA) is 83.6 Å². The number of carboxylic acid groups (broad SMARTS) is 1. The molecule has 0 spiro atoms. The Morgan fingerprint density at radius 3 is 2.78 bits per heavy atom. The summed E-state index contributed by atoms with van der Waals surface area (Å²) in [6, 6.07) is 7.39. The number of fused-ring (bicyclic) bond motifs is 1. The van der Waals surface area contributed by atoms with Gasteiger partial charge in [-0.2, -0.15) is 0 Å². The predicted octanol–water partition coefficient (Wildman–Crippen LogP) is 2.38. The largest absolute Gasteiger partial charge is 0.481 e. The third kappa shape index (κ3) is 2.40. The summed E-state index contributed by atoms with van der Waals surface area (Å²) in [5, 5.41) is 13.5. The van der Waals surface area contributed by atoms with E-state index in [1.54, 1.807) is 4.90 Å². The quantitative estimate of drug-likeness (QED) is 0.940. The number of carbonyl (C=O) groups excluding carboxylic acids is 1. The Kier molecular flexibility index (Phi) is 3.18. The molecule has 6 nitrogen and oxygen atoms in total. The number of benzene rings is 1. The summed E-state index contributed by atoms with van der Waals surface area (Å²) >= 11 is 0. The van der Waals surface area contributed by atoms with Crippen LogP contribution in [0, 0.1) is 0 Å². The molecule has 2 aromatic rings. The summed E-state index contributed by atoms with van der Waals surface area (Å²) in [5.41, 5.74) is 2.84. The second-order valence-corrected chi connectivity index (χ2v) is 6.16. The van der Waals surface area contributed by atoms with E-state index in [1.807, 2.05) is 24.3 Å². The van der Waals surface area contributed by atoms with Crippen LogP contribution in [0.4, 0.5) is 0 Å². The van der Waals surface area contributed by atoms with Gasteiger partial charge in [-0.1, -0.05) is 29.4 Å². The third-order valence-electron chi connectivity index (χ3n) is 4.57. The fourth-order valence-electron chi connectivity index (χ4n) is 3.20. The highest BCUT2D eigenvalue weighted by Gasteiger charge is 2.37. The molecule has 2 aliphatic rings. The number of amides is 1. The minimum absolute atomic E-state index is 0.167. The minimum Gasteiger partial charge on any atom is -0.481 e. The molecule has 1 fully saturated rings. The van der Waals surface area contributed by atoms with E-state index in [1.165, 1.54) is 6.26 Å². The van der Waals surface area contributed by atoms with E-state index in [0.29, 0.717) is 23.7 Å². The van der Waals surface area contributed by atoms with Gasteiger partial charge in [0.15, 0.2) is 0 Å². The van der Waals surface area contributed by atoms with Crippen LogP contribution in [0.2, 0.25) is 0 Å². The number of hydrogen-bond donors (Lipinski definition) is 1. The van der Waals surface area contributed by atoms with Crippen LogP contribution in [0.5, 0.6) is 0 Å². The normalized spacial score (nSPS) is 20.2. The average Bonchev–Trinajstić information content (AvgIpc) is 3.29. The first-order valence-electron chi connectivity index (χ1n) is 7.69. The van der Waals surface area contributed by atoms with E-state index in [4.69, 9.17) is 4.52 Å². The van der Waals surface area contributed by atoms with E-state index >= 15 is 0 Å². The molecule has 6 heteroatoms. The molecule has 2 heterocycles. The Labute approximate surface area is 132 Å². The van der Waals surface area contributed by atoms with E-state index in [9.17, 15) is 14.7 Å². The number of carboxylic acids is 1. The highest BCUT2D eigenvalue weighted by Crippen LogP contribution is 2.41. The average molecular weight is 312 g/mol. The van der Waals surface area contributed by atoms with Crippen molar-refractivity contribution in [2.24, 2.45) is 0 Å². The van der Waals surface area contributed by atoms with Crippen molar-refractivity contribution >= 4 is 11.9 Å². The van der Waals surface area contributed by atoms with E-state index in [2.05, 4.69) is 5.16 Å². The second-order valence-electron chi connectivity index (χ2n) is 6.16. The molecule has 1 saturated carbocycles. The molecule has 1 aromatic carbocycles. The molecular weight excluding hydrogens is 296 g/mol. The van der Waals surface area contributed by atoms with Gasteiger partial charge in [-0.25, -0.2) is 0 Å². The van der Waals surface area contributed by atoms with Crippen LogP contribution in [0.1, 0.15) is 51.9 Å². The Bertz CT molecular complexity index is 778. The predicted molar refractivity (Wildman–Crippen MR) is 80.0 cm³/mol. The molecule has 1 aromatic heterocycles. The minimum atomic E-state index is -0.914. The van der Waals surface area contributed by atoms with Crippen LogP contribution in [0.25, 0.3) is 0 Å². The van der Waals surface area contributed by atoms with E-state index in [0.717, 1.165) is 24.0 Å². The fourth-order valence-corrected chi connectivity index (χ4v) is 3.20. The zero-order valence-corrected chi connectivity index (χ0v) is 12.4. The SMILES string of the molecule is O=C(O)C1CN(C(=O)c2conc2C2CC2)Cc2ccccc21. The van der Waals surface area contributed by atoms with Crippen molar-refractivity contribution in [3.63, 3.8) is 0 Å². The summed E-state index contributed by atoms with van der Waals surface area (Å²) in [4.78, 5) is 26.0. The molecule has 0 bridgehead atoms. The molecule has 118 valence electrons. The van der Waals surface area contributed by atoms with Crippen molar-refractivity contribution in [3.8, 4) is 0 Å². The van der Waals surface area contributed by atoms with Crippen molar-refractivity contribution in [2.45, 2.75) is 31.2 Å². The highest BCUT2D eigenvalue weighted by atomic mass is 16.5. The van der Waals surface area contributed by atoms with Gasteiger partial charge in [-0.15, -0.1) is 0 Å². The van der Waals surface area contributed by atoms with Gasteiger partial charge in [-0.3, -0.25) is 9.59 Å². The molecule has 1 aliphatic carbocycles. The number of hydrogen-bond acceptors (Lipinski definition) is 4. The molecule has 0 radical (unpaired) electrons. The van der Waals surface area contributed by atoms with Crippen LogP contribution < -0.4 is 0 Å². The van der Waals surface area contributed by atoms with Gasteiger partial charge >= 0.3 is 5.97 Å². The number of rotatable bonds is 3. The van der Waals surface area contributed by atoms with Crippen molar-refractivity contribution < 1.29 is 19.2 Å².